The number of anilines is 2. The van der Waals surface area contributed by atoms with Crippen molar-refractivity contribution in [2.24, 2.45) is 0 Å². The number of hydrogen-bond donors (Lipinski definition) is 0. The second kappa shape index (κ2) is 7.06. The van der Waals surface area contributed by atoms with Crippen LogP contribution >= 0.6 is 23.4 Å². The first kappa shape index (κ1) is 16.4. The fraction of sp³-hybridized carbons (Fsp3) is 0.222. The molecule has 7 heteroatoms. The molecule has 0 bridgehead atoms. The number of rotatable bonds is 4. The van der Waals surface area contributed by atoms with Crippen LogP contribution in [0.2, 0.25) is 5.02 Å². The topological polar surface area (TPSA) is 38.2 Å². The molecule has 0 amide bonds. The number of hydrogen-bond acceptors (Lipinski definition) is 5. The highest BCUT2D eigenvalue weighted by Gasteiger charge is 2.22. The molecule has 25 heavy (non-hydrogen) atoms. The second-order valence-corrected chi connectivity index (χ2v) is 7.30. The van der Waals surface area contributed by atoms with Crippen molar-refractivity contribution in [3.63, 3.8) is 0 Å². The first-order valence-electron chi connectivity index (χ1n) is 7.92. The van der Waals surface area contributed by atoms with Crippen molar-refractivity contribution in [2.45, 2.75) is 12.5 Å². The lowest BCUT2D eigenvalue weighted by molar-refractivity contribution is 0.232. The van der Waals surface area contributed by atoms with Gasteiger partial charge in [0.15, 0.2) is 5.82 Å². The molecule has 2 heterocycles. The fourth-order valence-electron chi connectivity index (χ4n) is 2.82. The summed E-state index contributed by atoms with van der Waals surface area (Å²) >= 11 is 7.85. The van der Waals surface area contributed by atoms with E-state index in [0.717, 1.165) is 17.9 Å². The van der Waals surface area contributed by atoms with Crippen LogP contribution in [0.25, 0.3) is 10.9 Å². The third-order valence-corrected chi connectivity index (χ3v) is 5.37. The van der Waals surface area contributed by atoms with Crippen LogP contribution in [0.15, 0.2) is 48.8 Å². The summed E-state index contributed by atoms with van der Waals surface area (Å²) < 4.78 is 21.2. The molecule has 1 atom stereocenters. The summed E-state index contributed by atoms with van der Waals surface area (Å²) in [6, 6.07) is 12.1. The first-order valence-corrected chi connectivity index (χ1v) is 9.45. The second-order valence-electron chi connectivity index (χ2n) is 5.71. The molecule has 4 rings (SSSR count). The highest BCUT2D eigenvalue weighted by Crippen LogP contribution is 2.37. The predicted octanol–water partition coefficient (Wildman–Crippen LogP) is 5.19. The third-order valence-electron chi connectivity index (χ3n) is 4.01. The van der Waals surface area contributed by atoms with Crippen LogP contribution in [0.1, 0.15) is 6.42 Å². The monoisotopic (exact) mass is 375 g/mol. The molecule has 1 aromatic heterocycles. The smallest absolute Gasteiger partial charge is 0.178 e. The molecule has 0 saturated carbocycles. The zero-order valence-electron chi connectivity index (χ0n) is 13.2. The largest absolute Gasteiger partial charge is 0.489 e. The predicted molar refractivity (Wildman–Crippen MR) is 101 cm³/mol. The Labute approximate surface area is 153 Å². The minimum atomic E-state index is 0.128. The molecule has 0 aliphatic carbocycles. The van der Waals surface area contributed by atoms with E-state index in [1.54, 1.807) is 24.3 Å². The number of fused-ring (bicyclic) bond motifs is 1. The summed E-state index contributed by atoms with van der Waals surface area (Å²) in [5, 5.41) is 1.54. The van der Waals surface area contributed by atoms with Crippen LogP contribution in [0.5, 0.6) is 5.75 Å². The Morgan fingerprint density at radius 1 is 1.20 bits per heavy atom. The molecule has 1 saturated heterocycles. The van der Waals surface area contributed by atoms with Crippen LogP contribution in [0.3, 0.4) is 0 Å². The molecule has 128 valence electrons. The zero-order valence-corrected chi connectivity index (χ0v) is 14.8. The quantitative estimate of drug-likeness (QED) is 0.587. The van der Waals surface area contributed by atoms with Gasteiger partial charge in [-0.15, -0.1) is 0 Å². The van der Waals surface area contributed by atoms with E-state index in [9.17, 15) is 0 Å². The normalized spacial score (nSPS) is 17.0. The minimum absolute atomic E-state index is 0.128. The molecular weight excluding hydrogens is 361 g/mol. The maximum atomic E-state index is 15.1. The molecule has 1 aliphatic heterocycles. The Morgan fingerprint density at radius 3 is 2.88 bits per heavy atom. The Morgan fingerprint density at radius 2 is 2.08 bits per heavy atom. The number of aromatic nitrogens is 2. The van der Waals surface area contributed by atoms with Crippen molar-refractivity contribution in [3.8, 4) is 5.75 Å². The average Bonchev–Trinajstić information content (AvgIpc) is 3.14. The van der Waals surface area contributed by atoms with Crippen molar-refractivity contribution in [1.29, 1.82) is 0 Å². The van der Waals surface area contributed by atoms with Crippen molar-refractivity contribution >= 4 is 45.8 Å². The van der Waals surface area contributed by atoms with Gasteiger partial charge in [-0.1, -0.05) is 28.2 Å². The lowest BCUT2D eigenvalue weighted by Gasteiger charge is -2.18. The van der Waals surface area contributed by atoms with E-state index in [1.165, 1.54) is 6.33 Å². The lowest BCUT2D eigenvalue weighted by atomic mass is 10.2. The average molecular weight is 376 g/mol. The third kappa shape index (κ3) is 3.37. The highest BCUT2D eigenvalue weighted by atomic mass is 35.5. The summed E-state index contributed by atoms with van der Waals surface area (Å²) in [5.41, 5.74) is 0.941. The van der Waals surface area contributed by atoms with Gasteiger partial charge in [0, 0.05) is 10.8 Å². The Balaban J connectivity index is 1.80. The van der Waals surface area contributed by atoms with Gasteiger partial charge in [0.1, 0.15) is 18.2 Å². The Hall–Kier alpha value is -2.05. The molecule has 1 fully saturated rings. The molecule has 0 spiro atoms. The number of halogens is 2. The minimum Gasteiger partial charge on any atom is -0.489 e. The van der Waals surface area contributed by atoms with Gasteiger partial charge in [-0.3, -0.25) is 0 Å². The number of ether oxygens (including phenoxy) is 1. The van der Waals surface area contributed by atoms with Gasteiger partial charge in [0.05, 0.1) is 16.6 Å². The zero-order chi connectivity index (χ0) is 17.2. The Bertz CT molecular complexity index is 899. The van der Waals surface area contributed by atoms with Crippen LogP contribution in [0.4, 0.5) is 16.0 Å². The Kier molecular flexibility index (Phi) is 4.63. The van der Waals surface area contributed by atoms with E-state index >= 15 is 4.48 Å². The molecule has 1 unspecified atom stereocenters. The summed E-state index contributed by atoms with van der Waals surface area (Å²) in [7, 11) is 0. The summed E-state index contributed by atoms with van der Waals surface area (Å²) in [4.78, 5) is 8.41. The van der Waals surface area contributed by atoms with Gasteiger partial charge in [-0.05, 0) is 42.5 Å². The van der Waals surface area contributed by atoms with E-state index in [1.807, 2.05) is 30.0 Å². The van der Waals surface area contributed by atoms with Gasteiger partial charge >= 0.3 is 0 Å². The summed E-state index contributed by atoms with van der Waals surface area (Å²) in [6.45, 7) is 0. The van der Waals surface area contributed by atoms with Crippen LogP contribution in [0, 0.1) is 0 Å². The molecule has 2 aromatic carbocycles. The number of thioether (sulfide) groups is 1. The fourth-order valence-corrected chi connectivity index (χ4v) is 4.09. The number of nitrogens with zero attached hydrogens (tertiary/aromatic N) is 3. The highest BCUT2D eigenvalue weighted by molar-refractivity contribution is 7.99. The van der Waals surface area contributed by atoms with Gasteiger partial charge < -0.3 is 4.74 Å². The van der Waals surface area contributed by atoms with Crippen molar-refractivity contribution in [1.82, 2.24) is 9.97 Å². The van der Waals surface area contributed by atoms with Gasteiger partial charge in [-0.25, -0.2) is 9.97 Å². The van der Waals surface area contributed by atoms with E-state index < -0.39 is 0 Å². The van der Waals surface area contributed by atoms with Crippen LogP contribution in [-0.4, -0.2) is 27.6 Å². The van der Waals surface area contributed by atoms with Crippen LogP contribution in [-0.2, 0) is 0 Å². The van der Waals surface area contributed by atoms with Crippen molar-refractivity contribution < 1.29 is 9.22 Å². The molecule has 4 nitrogen and oxygen atoms in total. The van der Waals surface area contributed by atoms with Crippen molar-refractivity contribution in [3.05, 3.63) is 53.8 Å². The first-order chi connectivity index (χ1) is 12.2. The van der Waals surface area contributed by atoms with Gasteiger partial charge in [0.25, 0.3) is 0 Å². The molecule has 1 aliphatic rings. The summed E-state index contributed by atoms with van der Waals surface area (Å²) in [6.07, 6.45) is 2.46. The van der Waals surface area contributed by atoms with Gasteiger partial charge in [-0.2, -0.15) is 16.9 Å². The summed E-state index contributed by atoms with van der Waals surface area (Å²) in [5.74, 6) is 2.77. The molecular formula is C18H15ClFN3OS. The standard InChI is InChI=1S/C18H15ClFN3OS/c19-12-3-1-4-13(9-12)23(20)18-17-15(21-11-22-18)5-2-6-16(17)24-14-7-8-25-10-14/h1-6,9,11,14H,7-8,10H2. The molecule has 0 radical (unpaired) electrons. The van der Waals surface area contributed by atoms with Crippen LogP contribution < -0.4 is 9.86 Å². The maximum Gasteiger partial charge on any atom is 0.178 e. The molecule has 0 N–H and O–H groups in total. The van der Waals surface area contributed by atoms with E-state index in [-0.39, 0.29) is 11.9 Å². The van der Waals surface area contributed by atoms with E-state index in [0.29, 0.717) is 32.5 Å². The number of benzene rings is 2. The lowest BCUT2D eigenvalue weighted by Crippen LogP contribution is -2.15. The van der Waals surface area contributed by atoms with E-state index in [4.69, 9.17) is 16.3 Å². The van der Waals surface area contributed by atoms with E-state index in [2.05, 4.69) is 9.97 Å². The SMILES string of the molecule is FN(c1cccc(Cl)c1)c1ncnc2cccc(OC3CCSC3)c12. The molecule has 3 aromatic rings. The van der Waals surface area contributed by atoms with Gasteiger partial charge in [0.2, 0.25) is 0 Å². The maximum absolute atomic E-state index is 15.1. The van der Waals surface area contributed by atoms with Crippen molar-refractivity contribution in [2.75, 3.05) is 16.6 Å².